The lowest BCUT2D eigenvalue weighted by Crippen LogP contribution is -2.47. The fourth-order valence-electron chi connectivity index (χ4n) is 5.24. The Morgan fingerprint density at radius 2 is 1.97 bits per heavy atom. The monoisotopic (exact) mass is 492 g/mol. The third-order valence-corrected chi connectivity index (χ3v) is 7.20. The second kappa shape index (κ2) is 10.1. The van der Waals surface area contributed by atoms with Gasteiger partial charge in [0.05, 0.1) is 23.8 Å². The van der Waals surface area contributed by atoms with E-state index in [1.165, 1.54) is 13.2 Å². The van der Waals surface area contributed by atoms with Gasteiger partial charge >= 0.3 is 6.09 Å². The number of nitrogens with zero attached hydrogens (tertiary/aromatic N) is 5. The number of rotatable bonds is 5. The van der Waals surface area contributed by atoms with Crippen molar-refractivity contribution in [2.45, 2.75) is 45.3 Å². The number of nitrogens with one attached hydrogen (secondary N) is 1. The predicted octanol–water partition coefficient (Wildman–Crippen LogP) is 1.78. The average Bonchev–Trinajstić information content (AvgIpc) is 3.25. The fraction of sp³-hybridized carbons (Fsp3) is 0.462. The highest BCUT2D eigenvalue weighted by Gasteiger charge is 2.31. The van der Waals surface area contributed by atoms with E-state index in [2.05, 4.69) is 5.32 Å². The molecule has 0 bridgehead atoms. The van der Waals surface area contributed by atoms with Crippen molar-refractivity contribution in [3.05, 3.63) is 58.3 Å². The largest absolute Gasteiger partial charge is 0.452 e. The highest BCUT2D eigenvalue weighted by atomic mass is 16.5. The van der Waals surface area contributed by atoms with Crippen molar-refractivity contribution in [2.24, 2.45) is 0 Å². The van der Waals surface area contributed by atoms with Crippen molar-refractivity contribution in [2.75, 3.05) is 38.2 Å². The minimum atomic E-state index is -0.389. The van der Waals surface area contributed by atoms with Gasteiger partial charge in [0.25, 0.3) is 5.56 Å². The number of carbonyl (C=O) groups is 2. The van der Waals surface area contributed by atoms with Gasteiger partial charge in [0, 0.05) is 63.0 Å². The van der Waals surface area contributed by atoms with Gasteiger partial charge in [0.2, 0.25) is 5.91 Å². The van der Waals surface area contributed by atoms with Gasteiger partial charge in [-0.15, -0.1) is 0 Å². The molecule has 2 aromatic heterocycles. The number of amides is 2. The van der Waals surface area contributed by atoms with Crippen LogP contribution in [0.5, 0.6) is 0 Å². The zero-order valence-electron chi connectivity index (χ0n) is 20.8. The zero-order valence-corrected chi connectivity index (χ0v) is 20.8. The van der Waals surface area contributed by atoms with Crippen LogP contribution in [0.25, 0.3) is 11.0 Å². The van der Waals surface area contributed by atoms with Crippen LogP contribution in [-0.4, -0.2) is 70.3 Å². The van der Waals surface area contributed by atoms with Gasteiger partial charge in [-0.25, -0.2) is 9.78 Å². The normalized spacial score (nSPS) is 17.8. The molecule has 0 saturated carbocycles. The summed E-state index contributed by atoms with van der Waals surface area (Å²) in [6.45, 7) is 5.59. The molecule has 2 aliphatic heterocycles. The van der Waals surface area contributed by atoms with Crippen LogP contribution in [0.15, 0.2) is 41.3 Å². The first kappa shape index (κ1) is 24.1. The Bertz CT molecular complexity index is 1340. The summed E-state index contributed by atoms with van der Waals surface area (Å²) < 4.78 is 8.68. The molecule has 1 aromatic carbocycles. The van der Waals surface area contributed by atoms with Crippen molar-refractivity contribution in [3.63, 3.8) is 0 Å². The van der Waals surface area contributed by atoms with Gasteiger partial charge in [-0.2, -0.15) is 0 Å². The Morgan fingerprint density at radius 1 is 1.17 bits per heavy atom. The Labute approximate surface area is 209 Å². The number of hydrogen-bond donors (Lipinski definition) is 1. The number of anilines is 1. The number of piperazine rings is 1. The smallest absolute Gasteiger partial charge is 0.414 e. The van der Waals surface area contributed by atoms with E-state index < -0.39 is 0 Å². The van der Waals surface area contributed by atoms with Gasteiger partial charge in [0.1, 0.15) is 12.4 Å². The first-order valence-electron chi connectivity index (χ1n) is 12.5. The standard InChI is InChI=1S/C26H32N6O4/c1-18-6-7-19-20(32(18)26(35)36-2)8-9-21-25(19)28-22(10-14-29-13-4-3-5-23(29)33)31(21)17-24(34)30-15-11-27-12-16-30/h3-5,8-9,13,18,27H,6-7,10-12,14-17H2,1-2H3/t18-/m0/s1. The van der Waals surface area contributed by atoms with Crippen LogP contribution in [0, 0.1) is 0 Å². The molecule has 5 rings (SSSR count). The van der Waals surface area contributed by atoms with Crippen molar-refractivity contribution >= 4 is 28.7 Å². The molecule has 1 atom stereocenters. The number of fused-ring (bicyclic) bond motifs is 3. The summed E-state index contributed by atoms with van der Waals surface area (Å²) in [6.07, 6.45) is 3.45. The van der Waals surface area contributed by atoms with Crippen LogP contribution < -0.4 is 15.8 Å². The Morgan fingerprint density at radius 3 is 2.72 bits per heavy atom. The third kappa shape index (κ3) is 4.48. The Kier molecular flexibility index (Phi) is 6.77. The maximum absolute atomic E-state index is 13.2. The van der Waals surface area contributed by atoms with Crippen molar-refractivity contribution in [1.29, 1.82) is 0 Å². The van der Waals surface area contributed by atoms with Crippen LogP contribution >= 0.6 is 0 Å². The SMILES string of the molecule is COC(=O)N1c2ccc3c(nc(CCn4ccccc4=O)n3CC(=O)N3CCNCC3)c2CC[C@@H]1C. The second-order valence-corrected chi connectivity index (χ2v) is 9.39. The first-order valence-corrected chi connectivity index (χ1v) is 12.5. The van der Waals surface area contributed by atoms with E-state index in [9.17, 15) is 14.4 Å². The molecule has 10 heteroatoms. The van der Waals surface area contributed by atoms with Crippen LogP contribution in [0.2, 0.25) is 0 Å². The van der Waals surface area contributed by atoms with Gasteiger partial charge in [-0.05, 0) is 38.0 Å². The van der Waals surface area contributed by atoms with E-state index in [0.29, 0.717) is 26.1 Å². The van der Waals surface area contributed by atoms with Gasteiger partial charge in [-0.1, -0.05) is 6.07 Å². The van der Waals surface area contributed by atoms with E-state index in [1.54, 1.807) is 21.7 Å². The number of methoxy groups -OCH3 is 1. The van der Waals surface area contributed by atoms with Crippen LogP contribution in [0.4, 0.5) is 10.5 Å². The summed E-state index contributed by atoms with van der Waals surface area (Å²) in [5, 5.41) is 3.28. The maximum atomic E-state index is 13.2. The lowest BCUT2D eigenvalue weighted by Gasteiger charge is -2.34. The molecular weight excluding hydrogens is 460 g/mol. The van der Waals surface area contributed by atoms with E-state index in [1.807, 2.05) is 34.6 Å². The maximum Gasteiger partial charge on any atom is 0.414 e. The highest BCUT2D eigenvalue weighted by Crippen LogP contribution is 2.36. The summed E-state index contributed by atoms with van der Waals surface area (Å²) in [5.74, 6) is 0.803. The van der Waals surface area contributed by atoms with E-state index in [4.69, 9.17) is 9.72 Å². The number of aryl methyl sites for hydroxylation is 3. The third-order valence-electron chi connectivity index (χ3n) is 7.20. The van der Waals surface area contributed by atoms with Gasteiger partial charge < -0.3 is 24.1 Å². The van der Waals surface area contributed by atoms with Crippen LogP contribution in [0.3, 0.4) is 0 Å². The average molecular weight is 493 g/mol. The van der Waals surface area contributed by atoms with Crippen molar-refractivity contribution in [3.8, 4) is 0 Å². The molecule has 1 saturated heterocycles. The molecule has 2 amide bonds. The summed E-state index contributed by atoms with van der Waals surface area (Å²) in [7, 11) is 1.39. The summed E-state index contributed by atoms with van der Waals surface area (Å²) in [6, 6.07) is 8.98. The highest BCUT2D eigenvalue weighted by molar-refractivity contribution is 5.95. The summed E-state index contributed by atoms with van der Waals surface area (Å²) in [4.78, 5) is 46.6. The first-order chi connectivity index (χ1) is 17.5. The van der Waals surface area contributed by atoms with Gasteiger partial charge in [-0.3, -0.25) is 14.5 Å². The molecule has 3 aromatic rings. The molecule has 0 unspecified atom stereocenters. The van der Waals surface area contributed by atoms with E-state index >= 15 is 0 Å². The van der Waals surface area contributed by atoms with Crippen molar-refractivity contribution < 1.29 is 14.3 Å². The Balaban J connectivity index is 1.55. The minimum Gasteiger partial charge on any atom is -0.452 e. The fourth-order valence-corrected chi connectivity index (χ4v) is 5.24. The summed E-state index contributed by atoms with van der Waals surface area (Å²) in [5.41, 5.74) is 3.39. The zero-order chi connectivity index (χ0) is 25.2. The molecule has 36 heavy (non-hydrogen) atoms. The predicted molar refractivity (Wildman–Crippen MR) is 136 cm³/mol. The minimum absolute atomic E-state index is 0.0169. The van der Waals surface area contributed by atoms with Crippen LogP contribution in [-0.2, 0) is 35.5 Å². The number of carbonyl (C=O) groups excluding carboxylic acids is 2. The second-order valence-electron chi connectivity index (χ2n) is 9.39. The number of aromatic nitrogens is 3. The van der Waals surface area contributed by atoms with E-state index in [-0.39, 0.29) is 30.1 Å². The van der Waals surface area contributed by atoms with Gasteiger partial charge in [0.15, 0.2) is 0 Å². The van der Waals surface area contributed by atoms with Crippen molar-refractivity contribution in [1.82, 2.24) is 24.3 Å². The molecule has 0 radical (unpaired) electrons. The number of ether oxygens (including phenoxy) is 1. The lowest BCUT2D eigenvalue weighted by molar-refractivity contribution is -0.132. The summed E-state index contributed by atoms with van der Waals surface area (Å²) >= 11 is 0. The van der Waals surface area contributed by atoms with Crippen LogP contribution in [0.1, 0.15) is 24.7 Å². The quantitative estimate of drug-likeness (QED) is 0.583. The molecular formula is C26H32N6O4. The molecule has 190 valence electrons. The molecule has 1 N–H and O–H groups in total. The topological polar surface area (TPSA) is 102 Å². The Hall–Kier alpha value is -3.66. The molecule has 2 aliphatic rings. The number of hydrogen-bond acceptors (Lipinski definition) is 6. The molecule has 0 aliphatic carbocycles. The number of benzene rings is 1. The molecule has 0 spiro atoms. The number of pyridine rings is 1. The molecule has 1 fully saturated rings. The number of imidazole rings is 1. The molecule has 10 nitrogen and oxygen atoms in total. The molecule has 4 heterocycles. The van der Waals surface area contributed by atoms with E-state index in [0.717, 1.165) is 54.0 Å². The lowest BCUT2D eigenvalue weighted by atomic mass is 9.96.